The molecule has 13 heteroatoms. The van der Waals surface area contributed by atoms with E-state index in [2.05, 4.69) is 21.3 Å². The van der Waals surface area contributed by atoms with Crippen LogP contribution in [0.5, 0.6) is 0 Å². The molecule has 0 atom stereocenters. The lowest BCUT2D eigenvalue weighted by molar-refractivity contribution is -0.137. The van der Waals surface area contributed by atoms with Crippen LogP contribution in [0, 0.1) is 6.92 Å². The Balaban J connectivity index is 1.57. The third-order valence-electron chi connectivity index (χ3n) is 5.92. The first-order valence-electron chi connectivity index (χ1n) is 11.7. The van der Waals surface area contributed by atoms with Gasteiger partial charge in [0.15, 0.2) is 5.13 Å². The minimum absolute atomic E-state index is 0.0598. The highest BCUT2D eigenvalue weighted by atomic mass is 32.1. The first-order valence-corrected chi connectivity index (χ1v) is 12.5. The van der Waals surface area contributed by atoms with Crippen molar-refractivity contribution in [3.8, 4) is 0 Å². The van der Waals surface area contributed by atoms with Gasteiger partial charge >= 0.3 is 6.18 Å². The molecule has 1 aliphatic rings. The summed E-state index contributed by atoms with van der Waals surface area (Å²) in [6.45, 7) is 3.06. The van der Waals surface area contributed by atoms with Crippen LogP contribution in [0.4, 0.5) is 35.4 Å². The van der Waals surface area contributed by atoms with Crippen molar-refractivity contribution in [2.45, 2.75) is 13.1 Å². The Kier molecular flexibility index (Phi) is 7.81. The summed E-state index contributed by atoms with van der Waals surface area (Å²) in [5, 5.41) is 4.79. The molecule has 0 radical (unpaired) electrons. The second-order valence-corrected chi connectivity index (χ2v) is 10.2. The van der Waals surface area contributed by atoms with Gasteiger partial charge in [0.05, 0.1) is 21.8 Å². The Morgan fingerprint density at radius 1 is 1.16 bits per heavy atom. The number of likely N-dealkylation sites (N-methyl/N-ethyl adjacent to an activating group) is 2. The van der Waals surface area contributed by atoms with Gasteiger partial charge in [0.1, 0.15) is 0 Å². The third kappa shape index (κ3) is 6.36. The molecule has 0 fully saturated rings. The SMILES string of the molecule is Cc1ccc(C(=O)Nc2cc(N(C)CCN(C)C)cc(C(F)(F)F)c2)cc1N1C=C(c2cnc(N)s2)NN1. The number of amides is 1. The Hall–Kier alpha value is -3.81. The minimum atomic E-state index is -4.56. The maximum Gasteiger partial charge on any atom is 0.416 e. The van der Waals surface area contributed by atoms with Crippen LogP contribution < -0.4 is 31.9 Å². The van der Waals surface area contributed by atoms with Crippen LogP contribution in [0.25, 0.3) is 5.70 Å². The topological polar surface area (TPSA) is 102 Å². The molecule has 2 heterocycles. The quantitative estimate of drug-likeness (QED) is 0.335. The summed E-state index contributed by atoms with van der Waals surface area (Å²) in [4.78, 5) is 21.7. The average molecular weight is 547 g/mol. The van der Waals surface area contributed by atoms with Crippen molar-refractivity contribution in [1.29, 1.82) is 0 Å². The minimum Gasteiger partial charge on any atom is -0.375 e. The molecule has 1 amide bonds. The van der Waals surface area contributed by atoms with Crippen LogP contribution in [-0.4, -0.2) is 50.0 Å². The number of rotatable bonds is 8. The van der Waals surface area contributed by atoms with E-state index >= 15 is 0 Å². The lowest BCUT2D eigenvalue weighted by Crippen LogP contribution is -2.36. The van der Waals surface area contributed by atoms with Crippen molar-refractivity contribution in [2.24, 2.45) is 0 Å². The van der Waals surface area contributed by atoms with E-state index in [1.807, 2.05) is 25.9 Å². The van der Waals surface area contributed by atoms with Crippen molar-refractivity contribution in [3.05, 3.63) is 70.4 Å². The summed E-state index contributed by atoms with van der Waals surface area (Å²) >= 11 is 1.33. The number of anilines is 4. The van der Waals surface area contributed by atoms with Crippen LogP contribution >= 0.6 is 11.3 Å². The number of hydrazine groups is 2. The van der Waals surface area contributed by atoms with Crippen molar-refractivity contribution >= 4 is 45.1 Å². The zero-order valence-electron chi connectivity index (χ0n) is 21.3. The molecule has 202 valence electrons. The zero-order chi connectivity index (χ0) is 27.6. The highest BCUT2D eigenvalue weighted by Crippen LogP contribution is 2.35. The molecular formula is C25H29F3N8OS. The van der Waals surface area contributed by atoms with Gasteiger partial charge in [-0.2, -0.15) is 13.2 Å². The molecule has 4 rings (SSSR count). The summed E-state index contributed by atoms with van der Waals surface area (Å²) in [7, 11) is 5.50. The second kappa shape index (κ2) is 10.9. The van der Waals surface area contributed by atoms with Crippen LogP contribution in [0.1, 0.15) is 26.4 Å². The predicted octanol–water partition coefficient (Wildman–Crippen LogP) is 4.13. The van der Waals surface area contributed by atoms with E-state index in [1.165, 1.54) is 11.3 Å². The number of alkyl halides is 3. The summed E-state index contributed by atoms with van der Waals surface area (Å²) in [6, 6.07) is 8.64. The van der Waals surface area contributed by atoms with Gasteiger partial charge in [0.25, 0.3) is 5.91 Å². The fourth-order valence-electron chi connectivity index (χ4n) is 3.74. The standard InChI is InChI=1S/C25H29F3N8OS/c1-15-5-6-16(9-21(15)36-14-20(32-33-36)22-13-30-24(29)38-22)23(37)31-18-10-17(25(26,27)28)11-19(12-18)35(4)8-7-34(2)3/h5-6,9-14,32-33H,7-8H2,1-4H3,(H2,29,30)(H,31,37). The van der Waals surface area contributed by atoms with Crippen LogP contribution in [0.2, 0.25) is 0 Å². The molecule has 2 aromatic carbocycles. The normalized spacial score (nSPS) is 13.5. The highest BCUT2D eigenvalue weighted by molar-refractivity contribution is 7.16. The number of thiazole rings is 1. The molecule has 0 bridgehead atoms. The van der Waals surface area contributed by atoms with E-state index in [-0.39, 0.29) is 11.3 Å². The molecular weight excluding hydrogens is 517 g/mol. The van der Waals surface area contributed by atoms with Crippen molar-refractivity contribution in [3.63, 3.8) is 0 Å². The van der Waals surface area contributed by atoms with Crippen molar-refractivity contribution < 1.29 is 18.0 Å². The van der Waals surface area contributed by atoms with E-state index in [1.54, 1.807) is 53.6 Å². The van der Waals surface area contributed by atoms with Crippen LogP contribution in [0.3, 0.4) is 0 Å². The molecule has 0 spiro atoms. The Bertz CT molecular complexity index is 1350. The lowest BCUT2D eigenvalue weighted by atomic mass is 10.1. The summed E-state index contributed by atoms with van der Waals surface area (Å²) in [5.74, 6) is -0.529. The number of halogens is 3. The van der Waals surface area contributed by atoms with Crippen molar-refractivity contribution in [1.82, 2.24) is 20.8 Å². The molecule has 5 N–H and O–H groups in total. The van der Waals surface area contributed by atoms with Gasteiger partial charge in [0, 0.05) is 49.5 Å². The Labute approximate surface area is 222 Å². The highest BCUT2D eigenvalue weighted by Gasteiger charge is 2.32. The first-order chi connectivity index (χ1) is 17.9. The van der Waals surface area contributed by atoms with E-state index < -0.39 is 17.6 Å². The predicted molar refractivity (Wildman–Crippen MR) is 146 cm³/mol. The van der Waals surface area contributed by atoms with Gasteiger partial charge in [-0.1, -0.05) is 17.4 Å². The number of aromatic nitrogens is 1. The molecule has 3 aromatic rings. The summed E-state index contributed by atoms with van der Waals surface area (Å²) < 4.78 is 40.9. The second-order valence-electron chi connectivity index (χ2n) is 9.16. The first kappa shape index (κ1) is 27.2. The van der Waals surface area contributed by atoms with Gasteiger partial charge < -0.3 is 26.3 Å². The maximum atomic E-state index is 13.6. The number of benzene rings is 2. The molecule has 1 aliphatic heterocycles. The van der Waals surface area contributed by atoms with E-state index in [4.69, 9.17) is 5.73 Å². The maximum absolute atomic E-state index is 13.6. The Morgan fingerprint density at radius 3 is 2.58 bits per heavy atom. The fraction of sp³-hybridized carbons (Fsp3) is 0.280. The number of nitrogens with two attached hydrogens (primary N) is 1. The molecule has 0 saturated heterocycles. The number of carbonyl (C=O) groups is 1. The molecule has 9 nitrogen and oxygen atoms in total. The summed E-state index contributed by atoms with van der Waals surface area (Å²) in [6.07, 6.45) is -1.10. The molecule has 0 aliphatic carbocycles. The molecule has 1 aromatic heterocycles. The number of hydrogen-bond donors (Lipinski definition) is 4. The molecule has 0 unspecified atom stereocenters. The van der Waals surface area contributed by atoms with Crippen LogP contribution in [-0.2, 0) is 6.18 Å². The average Bonchev–Trinajstić information content (AvgIpc) is 3.51. The van der Waals surface area contributed by atoms with Crippen LogP contribution in [0.15, 0.2) is 48.8 Å². The lowest BCUT2D eigenvalue weighted by Gasteiger charge is -2.23. The summed E-state index contributed by atoms with van der Waals surface area (Å²) in [5.41, 5.74) is 14.0. The molecule has 0 saturated carbocycles. The van der Waals surface area contributed by atoms with Gasteiger partial charge in [-0.15, -0.1) is 5.53 Å². The van der Waals surface area contributed by atoms with Gasteiger partial charge in [-0.05, 0) is 56.9 Å². The molecule has 38 heavy (non-hydrogen) atoms. The van der Waals surface area contributed by atoms with E-state index in [0.29, 0.717) is 29.6 Å². The fourth-order valence-corrected chi connectivity index (χ4v) is 4.39. The van der Waals surface area contributed by atoms with Gasteiger partial charge in [0.2, 0.25) is 0 Å². The number of nitrogen functional groups attached to an aromatic ring is 1. The number of hydrogen-bond acceptors (Lipinski definition) is 9. The number of aryl methyl sites for hydroxylation is 1. The zero-order valence-corrected chi connectivity index (χ0v) is 22.2. The van der Waals surface area contributed by atoms with E-state index in [9.17, 15) is 18.0 Å². The monoisotopic (exact) mass is 546 g/mol. The van der Waals surface area contributed by atoms with Gasteiger partial charge in [-0.3, -0.25) is 9.80 Å². The number of nitrogens with zero attached hydrogens (tertiary/aromatic N) is 4. The van der Waals surface area contributed by atoms with Crippen molar-refractivity contribution in [2.75, 3.05) is 55.2 Å². The number of nitrogens with one attached hydrogen (secondary N) is 3. The van der Waals surface area contributed by atoms with E-state index in [0.717, 1.165) is 28.3 Å². The van der Waals surface area contributed by atoms with Gasteiger partial charge in [-0.25, -0.2) is 4.98 Å². The number of carbonyl (C=O) groups excluding carboxylic acids is 1. The smallest absolute Gasteiger partial charge is 0.375 e. The largest absolute Gasteiger partial charge is 0.416 e. The Morgan fingerprint density at radius 2 is 1.92 bits per heavy atom. The third-order valence-corrected chi connectivity index (χ3v) is 6.78.